The van der Waals surface area contributed by atoms with Gasteiger partial charge < -0.3 is 39.4 Å². The zero-order valence-electron chi connectivity index (χ0n) is 35.9. The number of H-pyrrole nitrogens is 1. The Bertz CT molecular complexity index is 2450. The molecule has 6 rings (SSSR count). The molecule has 3 heterocycles. The lowest BCUT2D eigenvalue weighted by atomic mass is 10.0. The van der Waals surface area contributed by atoms with Crippen LogP contribution in [0.5, 0.6) is 0 Å². The SMILES string of the molecule is CNC(=O)[C@@H]1CC[C@@H]2CCN(C(=O)c3n[nH]c4ccc(C)cc34)C[C@H](NC(=O)c3ccc4ccc(C(F)(F)P(=O)(OCOC(=O)OC(C)C)OCOC(=O)OC(C)C)cc4c3)C(=O)N21. The molecule has 64 heavy (non-hydrogen) atoms. The van der Waals surface area contributed by atoms with E-state index in [1.165, 1.54) is 68.8 Å². The number of aromatic nitrogens is 2. The Kier molecular flexibility index (Phi) is 14.6. The molecular formula is C42H49F2N6O13P. The number of ether oxygens (including phenoxy) is 4. The monoisotopic (exact) mass is 914 g/mol. The number of carbonyl (C=O) groups is 6. The van der Waals surface area contributed by atoms with Gasteiger partial charge in [0.1, 0.15) is 12.1 Å². The molecule has 4 amide bonds. The molecule has 4 aromatic rings. The number of benzene rings is 3. The summed E-state index contributed by atoms with van der Waals surface area (Å²) in [5.41, 5.74) is -3.85. The lowest BCUT2D eigenvalue weighted by molar-refractivity contribution is -0.142. The Morgan fingerprint density at radius 3 is 2.19 bits per heavy atom. The van der Waals surface area contributed by atoms with Crippen molar-refractivity contribution in [2.75, 3.05) is 33.7 Å². The van der Waals surface area contributed by atoms with Crippen LogP contribution in [-0.4, -0.2) is 120 Å². The van der Waals surface area contributed by atoms with Gasteiger partial charge in [-0.05, 0) is 95.0 Å². The highest BCUT2D eigenvalue weighted by molar-refractivity contribution is 7.54. The molecule has 19 nitrogen and oxygen atoms in total. The Balaban J connectivity index is 1.28. The van der Waals surface area contributed by atoms with Crippen molar-refractivity contribution in [1.29, 1.82) is 0 Å². The van der Waals surface area contributed by atoms with Crippen molar-refractivity contribution in [3.8, 4) is 0 Å². The highest BCUT2D eigenvalue weighted by Crippen LogP contribution is 2.67. The molecule has 0 aliphatic carbocycles. The first-order valence-corrected chi connectivity index (χ1v) is 21.9. The number of aryl methyl sites for hydroxylation is 1. The Morgan fingerprint density at radius 1 is 0.891 bits per heavy atom. The fourth-order valence-corrected chi connectivity index (χ4v) is 8.68. The second-order valence-corrected chi connectivity index (χ2v) is 17.8. The van der Waals surface area contributed by atoms with Gasteiger partial charge in [0.25, 0.3) is 11.8 Å². The number of rotatable bonds is 14. The number of likely N-dealkylation sites (N-methyl/N-ethyl adjacent to an activating group) is 1. The van der Waals surface area contributed by atoms with Crippen molar-refractivity contribution in [3.63, 3.8) is 0 Å². The van der Waals surface area contributed by atoms with Gasteiger partial charge in [0.15, 0.2) is 5.69 Å². The van der Waals surface area contributed by atoms with Crippen molar-refractivity contribution in [2.45, 2.75) is 89.9 Å². The first-order valence-electron chi connectivity index (χ1n) is 20.4. The van der Waals surface area contributed by atoms with E-state index in [9.17, 15) is 33.3 Å². The number of nitrogens with zero attached hydrogens (tertiary/aromatic N) is 3. The van der Waals surface area contributed by atoms with E-state index in [2.05, 4.69) is 30.3 Å². The maximum absolute atomic E-state index is 16.4. The summed E-state index contributed by atoms with van der Waals surface area (Å²) < 4.78 is 75.1. The summed E-state index contributed by atoms with van der Waals surface area (Å²) >= 11 is 0. The molecule has 344 valence electrons. The fourth-order valence-electron chi connectivity index (χ4n) is 7.45. The van der Waals surface area contributed by atoms with Gasteiger partial charge in [-0.25, -0.2) is 9.59 Å². The summed E-state index contributed by atoms with van der Waals surface area (Å²) in [5.74, 6) is -2.26. The predicted molar refractivity (Wildman–Crippen MR) is 223 cm³/mol. The van der Waals surface area contributed by atoms with Crippen LogP contribution >= 0.6 is 7.60 Å². The number of fused-ring (bicyclic) bond motifs is 3. The van der Waals surface area contributed by atoms with Crippen LogP contribution in [0.25, 0.3) is 21.7 Å². The third-order valence-corrected chi connectivity index (χ3v) is 12.3. The Morgan fingerprint density at radius 2 is 1.55 bits per heavy atom. The van der Waals surface area contributed by atoms with Gasteiger partial charge in [-0.15, -0.1) is 0 Å². The second-order valence-electron chi connectivity index (χ2n) is 15.7. The van der Waals surface area contributed by atoms with E-state index < -0.39 is 92.8 Å². The Labute approximate surface area is 365 Å². The van der Waals surface area contributed by atoms with E-state index >= 15 is 8.78 Å². The Hall–Kier alpha value is -6.18. The highest BCUT2D eigenvalue weighted by Gasteiger charge is 2.56. The molecule has 2 aliphatic heterocycles. The first kappa shape index (κ1) is 47.3. The molecule has 0 saturated carbocycles. The molecule has 1 aromatic heterocycles. The molecule has 3 atom stereocenters. The van der Waals surface area contributed by atoms with Crippen molar-refractivity contribution in [1.82, 2.24) is 30.6 Å². The summed E-state index contributed by atoms with van der Waals surface area (Å²) in [6.45, 7) is 5.13. The maximum Gasteiger partial charge on any atom is 0.510 e. The minimum absolute atomic E-state index is 0.0469. The zero-order valence-corrected chi connectivity index (χ0v) is 36.8. The lowest BCUT2D eigenvalue weighted by Crippen LogP contribution is -2.61. The molecule has 22 heteroatoms. The zero-order chi connectivity index (χ0) is 46.5. The van der Waals surface area contributed by atoms with Crippen LogP contribution in [0, 0.1) is 6.92 Å². The summed E-state index contributed by atoms with van der Waals surface area (Å²) in [6.07, 6.45) is -2.71. The number of nitrogens with one attached hydrogen (secondary N) is 3. The van der Waals surface area contributed by atoms with Gasteiger partial charge in [0, 0.05) is 36.1 Å². The van der Waals surface area contributed by atoms with Crippen molar-refractivity contribution in [2.24, 2.45) is 0 Å². The third kappa shape index (κ3) is 10.4. The summed E-state index contributed by atoms with van der Waals surface area (Å²) in [7, 11) is -4.27. The molecule has 2 saturated heterocycles. The topological polar surface area (TPSA) is 234 Å². The van der Waals surface area contributed by atoms with Gasteiger partial charge in [-0.1, -0.05) is 29.8 Å². The van der Waals surface area contributed by atoms with Crippen LogP contribution in [0.4, 0.5) is 18.4 Å². The molecule has 0 spiro atoms. The van der Waals surface area contributed by atoms with Gasteiger partial charge in [0.2, 0.25) is 25.4 Å². The minimum Gasteiger partial charge on any atom is -0.432 e. The molecule has 0 radical (unpaired) electrons. The molecule has 3 aromatic carbocycles. The maximum atomic E-state index is 16.4. The van der Waals surface area contributed by atoms with Crippen LogP contribution in [0.1, 0.15) is 78.9 Å². The molecule has 3 N–H and O–H groups in total. The average Bonchev–Trinajstić information content (AvgIpc) is 3.86. The average molecular weight is 915 g/mol. The van der Waals surface area contributed by atoms with Crippen molar-refractivity contribution >= 4 is 65.2 Å². The molecule has 2 aliphatic rings. The van der Waals surface area contributed by atoms with E-state index in [0.29, 0.717) is 35.6 Å². The molecular weight excluding hydrogens is 865 g/mol. The molecule has 2 fully saturated rings. The predicted octanol–water partition coefficient (Wildman–Crippen LogP) is 6.09. The van der Waals surface area contributed by atoms with Crippen LogP contribution in [-0.2, 0) is 47.8 Å². The van der Waals surface area contributed by atoms with E-state index in [1.54, 1.807) is 6.07 Å². The van der Waals surface area contributed by atoms with Gasteiger partial charge in [-0.3, -0.25) is 37.9 Å². The highest BCUT2D eigenvalue weighted by atomic mass is 31.2. The second kappa shape index (κ2) is 19.7. The summed E-state index contributed by atoms with van der Waals surface area (Å²) in [6, 6.07) is 10.1. The minimum atomic E-state index is -5.73. The summed E-state index contributed by atoms with van der Waals surface area (Å²) in [5, 5.41) is 13.4. The number of hydrogen-bond acceptors (Lipinski definition) is 14. The van der Waals surface area contributed by atoms with E-state index in [1.807, 2.05) is 19.1 Å². The smallest absolute Gasteiger partial charge is 0.432 e. The van der Waals surface area contributed by atoms with Gasteiger partial charge in [0.05, 0.1) is 24.3 Å². The lowest BCUT2D eigenvalue weighted by Gasteiger charge is -2.38. The van der Waals surface area contributed by atoms with Crippen LogP contribution < -0.4 is 10.6 Å². The fraction of sp³-hybridized carbons (Fsp3) is 0.452. The number of halogens is 2. The van der Waals surface area contributed by atoms with E-state index in [4.69, 9.17) is 18.5 Å². The third-order valence-electron chi connectivity index (χ3n) is 10.5. The number of amides is 4. The number of alkyl halides is 2. The van der Waals surface area contributed by atoms with Gasteiger partial charge in [-0.2, -0.15) is 13.9 Å². The van der Waals surface area contributed by atoms with Gasteiger partial charge >= 0.3 is 25.6 Å². The van der Waals surface area contributed by atoms with Crippen LogP contribution in [0.2, 0.25) is 0 Å². The van der Waals surface area contributed by atoms with Crippen molar-refractivity contribution < 1.29 is 70.1 Å². The van der Waals surface area contributed by atoms with Crippen molar-refractivity contribution in [3.05, 3.63) is 77.0 Å². The van der Waals surface area contributed by atoms with Crippen LogP contribution in [0.15, 0.2) is 54.6 Å². The van der Waals surface area contributed by atoms with E-state index in [-0.39, 0.29) is 35.6 Å². The standard InChI is InChI=1S/C42H49F2N6O13P/c1-23(2)62-40(55)58-21-60-64(57,61-22-59-41(56)63-24(3)4)42(43,44)29-11-10-26-8-9-27(18-28(26)19-29)36(51)46-33-20-49(39(54)35-31-17-25(5)7-13-32(31)47-48-35)16-15-30-12-14-34(37(52)45-6)50(30)38(33)53/h7-11,13,17-19,23-24,30,33-34H,12,14-16,20-22H2,1-6H3,(H,45,52)(H,46,51)(H,47,48)/t30-,33+,34+/m1/s1. The number of carbonyl (C=O) groups excluding carboxylic acids is 6. The van der Waals surface area contributed by atoms with E-state index in [0.717, 1.165) is 17.7 Å². The largest absolute Gasteiger partial charge is 0.510 e. The normalized spacial score (nSPS) is 18.1. The molecule has 0 unspecified atom stereocenters. The number of hydrogen-bond donors (Lipinski definition) is 3. The summed E-state index contributed by atoms with van der Waals surface area (Å²) in [4.78, 5) is 82.3. The first-order chi connectivity index (χ1) is 30.3. The quantitative estimate of drug-likeness (QED) is 0.0738. The number of aromatic amines is 1. The van der Waals surface area contributed by atoms with Crippen LogP contribution in [0.3, 0.4) is 0 Å². The molecule has 0 bridgehead atoms.